The third-order valence-electron chi connectivity index (χ3n) is 2.68. The fourth-order valence-corrected chi connectivity index (χ4v) is 2.57. The largest absolute Gasteiger partial charge is 0.310 e. The first kappa shape index (κ1) is 9.22. The molecule has 1 aliphatic heterocycles. The average molecular weight is 240 g/mol. The van der Waals surface area contributed by atoms with E-state index >= 15 is 0 Å². The van der Waals surface area contributed by atoms with E-state index in [1.807, 2.05) is 0 Å². The summed E-state index contributed by atoms with van der Waals surface area (Å²) in [5, 5.41) is 3.47. The van der Waals surface area contributed by atoms with E-state index in [4.69, 9.17) is 0 Å². The molecule has 0 aliphatic carbocycles. The van der Waals surface area contributed by atoms with E-state index in [0.29, 0.717) is 6.04 Å². The molecule has 70 valence electrons. The van der Waals surface area contributed by atoms with Crippen molar-refractivity contribution in [2.24, 2.45) is 0 Å². The van der Waals surface area contributed by atoms with Gasteiger partial charge in [0.15, 0.2) is 0 Å². The molecule has 0 saturated heterocycles. The molecule has 0 aromatic heterocycles. The van der Waals surface area contributed by atoms with Crippen LogP contribution in [0.1, 0.15) is 23.6 Å². The van der Waals surface area contributed by atoms with Crippen LogP contribution in [0.5, 0.6) is 0 Å². The van der Waals surface area contributed by atoms with Crippen LogP contribution in [0.15, 0.2) is 16.6 Å². The molecule has 1 aliphatic rings. The standard InChI is InChI=1S/C11H14BrN/c1-7-3-10(12)5-9-6-13-8(2)4-11(7)9/h3,5,8,13H,4,6H2,1-2H3. The van der Waals surface area contributed by atoms with Crippen molar-refractivity contribution in [3.05, 3.63) is 33.3 Å². The minimum absolute atomic E-state index is 0.618. The van der Waals surface area contributed by atoms with Gasteiger partial charge in [-0.2, -0.15) is 0 Å². The Bertz CT molecular complexity index is 333. The Hall–Kier alpha value is -0.340. The van der Waals surface area contributed by atoms with Gasteiger partial charge < -0.3 is 5.32 Å². The highest BCUT2D eigenvalue weighted by Gasteiger charge is 2.16. The zero-order chi connectivity index (χ0) is 9.42. The predicted molar refractivity (Wildman–Crippen MR) is 58.9 cm³/mol. The van der Waals surface area contributed by atoms with Gasteiger partial charge in [-0.3, -0.25) is 0 Å². The van der Waals surface area contributed by atoms with Crippen LogP contribution in [0.4, 0.5) is 0 Å². The fraction of sp³-hybridized carbons (Fsp3) is 0.455. The molecule has 1 atom stereocenters. The molecule has 0 spiro atoms. The molecule has 0 bridgehead atoms. The van der Waals surface area contributed by atoms with Crippen molar-refractivity contribution >= 4 is 15.9 Å². The molecule has 1 aromatic carbocycles. The van der Waals surface area contributed by atoms with Gasteiger partial charge in [-0.15, -0.1) is 0 Å². The van der Waals surface area contributed by atoms with Crippen LogP contribution in [0.3, 0.4) is 0 Å². The van der Waals surface area contributed by atoms with Crippen molar-refractivity contribution in [1.29, 1.82) is 0 Å². The van der Waals surface area contributed by atoms with Gasteiger partial charge in [0, 0.05) is 17.1 Å². The van der Waals surface area contributed by atoms with Gasteiger partial charge in [0.25, 0.3) is 0 Å². The maximum atomic E-state index is 3.53. The number of hydrogen-bond acceptors (Lipinski definition) is 1. The molecule has 2 rings (SSSR count). The topological polar surface area (TPSA) is 12.0 Å². The van der Waals surface area contributed by atoms with Crippen LogP contribution in [-0.4, -0.2) is 6.04 Å². The highest BCUT2D eigenvalue weighted by atomic mass is 79.9. The molecular formula is C11H14BrN. The number of benzene rings is 1. The monoisotopic (exact) mass is 239 g/mol. The van der Waals surface area contributed by atoms with E-state index in [2.05, 4.69) is 47.2 Å². The number of aryl methyl sites for hydroxylation is 1. The Morgan fingerprint density at radius 2 is 2.23 bits per heavy atom. The van der Waals surface area contributed by atoms with Crippen LogP contribution >= 0.6 is 15.9 Å². The molecule has 0 fully saturated rings. The van der Waals surface area contributed by atoms with Crippen LogP contribution in [-0.2, 0) is 13.0 Å². The third kappa shape index (κ3) is 1.79. The summed E-state index contributed by atoms with van der Waals surface area (Å²) in [6.07, 6.45) is 1.16. The van der Waals surface area contributed by atoms with Gasteiger partial charge in [-0.05, 0) is 49.1 Å². The summed E-state index contributed by atoms with van der Waals surface area (Å²) in [6.45, 7) is 5.45. The molecule has 1 heterocycles. The lowest BCUT2D eigenvalue weighted by atomic mass is 9.93. The lowest BCUT2D eigenvalue weighted by Gasteiger charge is -2.25. The maximum absolute atomic E-state index is 3.53. The second kappa shape index (κ2) is 3.43. The van der Waals surface area contributed by atoms with Crippen molar-refractivity contribution in [2.75, 3.05) is 0 Å². The Kier molecular flexibility index (Phi) is 2.43. The molecule has 0 radical (unpaired) electrons. The molecular weight excluding hydrogens is 226 g/mol. The summed E-state index contributed by atoms with van der Waals surface area (Å²) in [6, 6.07) is 5.05. The molecule has 1 aromatic rings. The summed E-state index contributed by atoms with van der Waals surface area (Å²) in [5.41, 5.74) is 4.40. The Morgan fingerprint density at radius 3 is 3.00 bits per heavy atom. The minimum Gasteiger partial charge on any atom is -0.310 e. The number of nitrogens with one attached hydrogen (secondary N) is 1. The summed E-state index contributed by atoms with van der Waals surface area (Å²) in [7, 11) is 0. The van der Waals surface area contributed by atoms with E-state index in [1.54, 1.807) is 0 Å². The zero-order valence-corrected chi connectivity index (χ0v) is 9.61. The fourth-order valence-electron chi connectivity index (χ4n) is 1.95. The molecule has 1 N–H and O–H groups in total. The van der Waals surface area contributed by atoms with Gasteiger partial charge in [0.2, 0.25) is 0 Å². The quantitative estimate of drug-likeness (QED) is 0.735. The first-order valence-corrected chi connectivity index (χ1v) is 5.47. The zero-order valence-electron chi connectivity index (χ0n) is 8.02. The SMILES string of the molecule is Cc1cc(Br)cc2c1CC(C)NC2. The van der Waals surface area contributed by atoms with Gasteiger partial charge in [-0.1, -0.05) is 15.9 Å². The Balaban J connectivity index is 2.47. The molecule has 2 heteroatoms. The van der Waals surface area contributed by atoms with Gasteiger partial charge in [0.05, 0.1) is 0 Å². The van der Waals surface area contributed by atoms with Crippen molar-refractivity contribution in [3.63, 3.8) is 0 Å². The van der Waals surface area contributed by atoms with Gasteiger partial charge in [0.1, 0.15) is 0 Å². The number of halogens is 1. The maximum Gasteiger partial charge on any atom is 0.0211 e. The second-order valence-corrected chi connectivity index (χ2v) is 4.76. The Labute approximate surface area is 87.7 Å². The second-order valence-electron chi connectivity index (χ2n) is 3.85. The lowest BCUT2D eigenvalue weighted by molar-refractivity contribution is 0.512. The number of fused-ring (bicyclic) bond motifs is 1. The minimum atomic E-state index is 0.618. The summed E-state index contributed by atoms with van der Waals surface area (Å²) < 4.78 is 1.19. The van der Waals surface area contributed by atoms with E-state index in [0.717, 1.165) is 13.0 Å². The Morgan fingerprint density at radius 1 is 1.46 bits per heavy atom. The summed E-state index contributed by atoms with van der Waals surface area (Å²) in [4.78, 5) is 0. The molecule has 1 nitrogen and oxygen atoms in total. The third-order valence-corrected chi connectivity index (χ3v) is 3.14. The smallest absolute Gasteiger partial charge is 0.0211 e. The van der Waals surface area contributed by atoms with E-state index < -0.39 is 0 Å². The van der Waals surface area contributed by atoms with E-state index in [-0.39, 0.29) is 0 Å². The van der Waals surface area contributed by atoms with Crippen LogP contribution in [0.25, 0.3) is 0 Å². The van der Waals surface area contributed by atoms with E-state index in [1.165, 1.54) is 21.2 Å². The molecule has 13 heavy (non-hydrogen) atoms. The number of rotatable bonds is 0. The number of hydrogen-bond donors (Lipinski definition) is 1. The highest BCUT2D eigenvalue weighted by molar-refractivity contribution is 9.10. The van der Waals surface area contributed by atoms with Crippen LogP contribution in [0, 0.1) is 6.92 Å². The summed E-state index contributed by atoms with van der Waals surface area (Å²) >= 11 is 3.53. The van der Waals surface area contributed by atoms with Crippen molar-refractivity contribution in [1.82, 2.24) is 5.32 Å². The first-order valence-electron chi connectivity index (χ1n) is 4.68. The molecule has 0 saturated carbocycles. The van der Waals surface area contributed by atoms with Crippen molar-refractivity contribution < 1.29 is 0 Å². The average Bonchev–Trinajstić information content (AvgIpc) is 2.06. The van der Waals surface area contributed by atoms with Crippen LogP contribution in [0.2, 0.25) is 0 Å². The van der Waals surface area contributed by atoms with Gasteiger partial charge in [-0.25, -0.2) is 0 Å². The molecule has 1 unspecified atom stereocenters. The highest BCUT2D eigenvalue weighted by Crippen LogP contribution is 2.24. The first-order chi connectivity index (χ1) is 6.16. The van der Waals surface area contributed by atoms with Crippen molar-refractivity contribution in [2.45, 2.75) is 32.9 Å². The van der Waals surface area contributed by atoms with Crippen molar-refractivity contribution in [3.8, 4) is 0 Å². The predicted octanol–water partition coefficient (Wildman–Crippen LogP) is 2.79. The summed E-state index contributed by atoms with van der Waals surface area (Å²) in [5.74, 6) is 0. The molecule has 0 amide bonds. The van der Waals surface area contributed by atoms with Gasteiger partial charge >= 0.3 is 0 Å². The van der Waals surface area contributed by atoms with Crippen LogP contribution < -0.4 is 5.32 Å². The normalized spacial score (nSPS) is 21.3. The van der Waals surface area contributed by atoms with E-state index in [9.17, 15) is 0 Å². The lowest BCUT2D eigenvalue weighted by Crippen LogP contribution is -2.33.